The fourth-order valence-corrected chi connectivity index (χ4v) is 3.54. The molecule has 0 unspecified atom stereocenters. The van der Waals surface area contributed by atoms with Crippen LogP contribution in [0.1, 0.15) is 32.9 Å². The lowest BCUT2D eigenvalue weighted by Gasteiger charge is -2.18. The number of thiophene rings is 1. The highest BCUT2D eigenvalue weighted by molar-refractivity contribution is 7.12. The molecule has 5 nitrogen and oxygen atoms in total. The largest absolute Gasteiger partial charge is 0.465 e. The summed E-state index contributed by atoms with van der Waals surface area (Å²) in [6, 6.07) is 6.18. The second kappa shape index (κ2) is 7.00. The number of carbonyl (C=O) groups excluding carboxylic acids is 2. The number of rotatable bonds is 4. The van der Waals surface area contributed by atoms with Crippen molar-refractivity contribution in [3.63, 3.8) is 0 Å². The molecule has 0 bridgehead atoms. The summed E-state index contributed by atoms with van der Waals surface area (Å²) in [6.07, 6.45) is 2.12. The van der Waals surface area contributed by atoms with Crippen molar-refractivity contribution in [2.24, 2.45) is 0 Å². The molecule has 0 radical (unpaired) electrons. The highest BCUT2D eigenvalue weighted by Gasteiger charge is 2.20. The maximum atomic E-state index is 14.3. The minimum absolute atomic E-state index is 0.218. The van der Waals surface area contributed by atoms with Gasteiger partial charge in [-0.3, -0.25) is 4.79 Å². The number of anilines is 2. The first-order chi connectivity index (χ1) is 11.6. The summed E-state index contributed by atoms with van der Waals surface area (Å²) < 4.78 is 18.9. The van der Waals surface area contributed by atoms with Gasteiger partial charge in [0.2, 0.25) is 0 Å². The van der Waals surface area contributed by atoms with E-state index in [4.69, 9.17) is 0 Å². The predicted molar refractivity (Wildman–Crippen MR) is 91.5 cm³/mol. The second-order valence-electron chi connectivity index (χ2n) is 5.47. The van der Waals surface area contributed by atoms with E-state index >= 15 is 0 Å². The van der Waals surface area contributed by atoms with Crippen molar-refractivity contribution in [2.75, 3.05) is 30.4 Å². The average molecular weight is 348 g/mol. The zero-order valence-electron chi connectivity index (χ0n) is 13.2. The number of nitrogens with zero attached hydrogens (tertiary/aromatic N) is 1. The third-order valence-electron chi connectivity index (χ3n) is 3.93. The van der Waals surface area contributed by atoms with Crippen LogP contribution >= 0.6 is 11.3 Å². The van der Waals surface area contributed by atoms with Crippen LogP contribution in [0.3, 0.4) is 0 Å². The predicted octanol–water partition coefficient (Wildman–Crippen LogP) is 3.53. The van der Waals surface area contributed by atoms with Crippen LogP contribution in [-0.4, -0.2) is 32.1 Å². The molecule has 2 aromatic rings. The first-order valence-corrected chi connectivity index (χ1v) is 8.50. The Kier molecular flexibility index (Phi) is 4.80. The molecule has 24 heavy (non-hydrogen) atoms. The molecule has 1 amide bonds. The van der Waals surface area contributed by atoms with Crippen molar-refractivity contribution >= 4 is 34.6 Å². The Morgan fingerprint density at radius 3 is 2.67 bits per heavy atom. The van der Waals surface area contributed by atoms with Crippen LogP contribution in [0.15, 0.2) is 29.6 Å². The van der Waals surface area contributed by atoms with Gasteiger partial charge in [-0.2, -0.15) is 0 Å². The number of carbonyl (C=O) groups is 2. The minimum atomic E-state index is -0.564. The highest BCUT2D eigenvalue weighted by Crippen LogP contribution is 2.27. The monoisotopic (exact) mass is 348 g/mol. The first-order valence-electron chi connectivity index (χ1n) is 7.62. The van der Waals surface area contributed by atoms with E-state index < -0.39 is 11.9 Å². The molecule has 1 aromatic carbocycles. The third-order valence-corrected chi connectivity index (χ3v) is 4.83. The average Bonchev–Trinajstić information content (AvgIpc) is 3.25. The van der Waals surface area contributed by atoms with Crippen molar-refractivity contribution in [1.82, 2.24) is 0 Å². The summed E-state index contributed by atoms with van der Waals surface area (Å²) in [5, 5.41) is 4.26. The topological polar surface area (TPSA) is 58.6 Å². The molecule has 0 saturated carbocycles. The number of hydrogen-bond donors (Lipinski definition) is 1. The molecule has 0 spiro atoms. The fourth-order valence-electron chi connectivity index (χ4n) is 2.74. The van der Waals surface area contributed by atoms with Crippen LogP contribution in [0.5, 0.6) is 0 Å². The summed E-state index contributed by atoms with van der Waals surface area (Å²) >= 11 is 1.13. The summed E-state index contributed by atoms with van der Waals surface area (Å²) in [6.45, 7) is 1.69. The number of amides is 1. The van der Waals surface area contributed by atoms with Crippen LogP contribution in [-0.2, 0) is 4.74 Å². The van der Waals surface area contributed by atoms with Crippen molar-refractivity contribution in [2.45, 2.75) is 12.8 Å². The fraction of sp³-hybridized carbons (Fsp3) is 0.294. The summed E-state index contributed by atoms with van der Waals surface area (Å²) in [4.78, 5) is 26.2. The van der Waals surface area contributed by atoms with E-state index in [1.807, 2.05) is 4.90 Å². The molecule has 2 heterocycles. The molecule has 126 valence electrons. The Bertz CT molecular complexity index is 769. The van der Waals surface area contributed by atoms with Gasteiger partial charge < -0.3 is 15.0 Å². The van der Waals surface area contributed by atoms with E-state index in [0.717, 1.165) is 37.3 Å². The van der Waals surface area contributed by atoms with Gasteiger partial charge in [0.15, 0.2) is 0 Å². The van der Waals surface area contributed by atoms with Gasteiger partial charge in [0.05, 0.1) is 18.4 Å². The van der Waals surface area contributed by atoms with Gasteiger partial charge in [-0.25, -0.2) is 9.18 Å². The van der Waals surface area contributed by atoms with Gasteiger partial charge in [0, 0.05) is 18.8 Å². The zero-order valence-corrected chi connectivity index (χ0v) is 14.0. The number of esters is 1. The first kappa shape index (κ1) is 16.4. The Hall–Kier alpha value is -2.41. The highest BCUT2D eigenvalue weighted by atomic mass is 32.1. The van der Waals surface area contributed by atoms with Crippen LogP contribution in [0.2, 0.25) is 0 Å². The molecule has 7 heteroatoms. The third kappa shape index (κ3) is 3.26. The molecule has 1 saturated heterocycles. The molecule has 1 N–H and O–H groups in total. The maximum absolute atomic E-state index is 14.3. The van der Waals surface area contributed by atoms with Gasteiger partial charge in [-0.05, 0) is 42.5 Å². The molecule has 1 aromatic heterocycles. The van der Waals surface area contributed by atoms with E-state index in [0.29, 0.717) is 11.4 Å². The number of methoxy groups -OCH3 is 1. The van der Waals surface area contributed by atoms with Gasteiger partial charge >= 0.3 is 5.97 Å². The molecular formula is C17H17FN2O3S. The molecule has 1 fully saturated rings. The van der Waals surface area contributed by atoms with Gasteiger partial charge in [-0.1, -0.05) is 0 Å². The lowest BCUT2D eigenvalue weighted by Crippen LogP contribution is -2.19. The molecule has 3 rings (SSSR count). The summed E-state index contributed by atoms with van der Waals surface area (Å²) in [5.74, 6) is -1.40. The minimum Gasteiger partial charge on any atom is -0.465 e. The number of ether oxygens (including phenoxy) is 1. The smallest absolute Gasteiger partial charge is 0.348 e. The molecule has 0 atom stereocenters. The molecule has 1 aliphatic heterocycles. The van der Waals surface area contributed by atoms with Crippen molar-refractivity contribution < 1.29 is 18.7 Å². The van der Waals surface area contributed by atoms with Crippen molar-refractivity contribution in [1.29, 1.82) is 0 Å². The number of nitrogens with one attached hydrogen (secondary N) is 1. The molecular weight excluding hydrogens is 331 g/mol. The van der Waals surface area contributed by atoms with E-state index in [1.165, 1.54) is 13.2 Å². The number of halogens is 1. The maximum Gasteiger partial charge on any atom is 0.348 e. The standard InChI is InChI=1S/C17H17FN2O3S/c1-23-17(22)15-12(6-9-24-15)16(21)19-11-4-5-14(13(18)10-11)20-7-2-3-8-20/h4-6,9-10H,2-3,7-8H2,1H3,(H,19,21). The van der Waals surface area contributed by atoms with E-state index in [9.17, 15) is 14.0 Å². The summed E-state index contributed by atoms with van der Waals surface area (Å²) in [7, 11) is 1.26. The summed E-state index contributed by atoms with van der Waals surface area (Å²) in [5.41, 5.74) is 1.12. The van der Waals surface area contributed by atoms with Crippen LogP contribution in [0.4, 0.5) is 15.8 Å². The number of hydrogen-bond acceptors (Lipinski definition) is 5. The van der Waals surface area contributed by atoms with Crippen LogP contribution in [0.25, 0.3) is 0 Å². The van der Waals surface area contributed by atoms with Crippen molar-refractivity contribution in [3.05, 3.63) is 45.9 Å². The lowest BCUT2D eigenvalue weighted by atomic mass is 10.2. The normalized spacial score (nSPS) is 13.8. The number of benzene rings is 1. The quantitative estimate of drug-likeness (QED) is 0.859. The van der Waals surface area contributed by atoms with Gasteiger partial charge in [-0.15, -0.1) is 11.3 Å². The lowest BCUT2D eigenvalue weighted by molar-refractivity contribution is 0.0603. The van der Waals surface area contributed by atoms with E-state index in [1.54, 1.807) is 23.6 Å². The van der Waals surface area contributed by atoms with Crippen LogP contribution < -0.4 is 10.2 Å². The Morgan fingerprint density at radius 2 is 2.00 bits per heavy atom. The Balaban J connectivity index is 1.76. The zero-order chi connectivity index (χ0) is 17.1. The van der Waals surface area contributed by atoms with Crippen molar-refractivity contribution in [3.8, 4) is 0 Å². The SMILES string of the molecule is COC(=O)c1sccc1C(=O)Nc1ccc(N2CCCC2)c(F)c1. The van der Waals surface area contributed by atoms with E-state index in [2.05, 4.69) is 10.1 Å². The van der Waals surface area contributed by atoms with E-state index in [-0.39, 0.29) is 16.3 Å². The van der Waals surface area contributed by atoms with Gasteiger partial charge in [0.25, 0.3) is 5.91 Å². The van der Waals surface area contributed by atoms with Crippen LogP contribution in [0, 0.1) is 5.82 Å². The molecule has 0 aliphatic carbocycles. The Labute approximate surface area is 143 Å². The Morgan fingerprint density at radius 1 is 1.25 bits per heavy atom. The van der Waals surface area contributed by atoms with Gasteiger partial charge in [0.1, 0.15) is 10.7 Å². The molecule has 1 aliphatic rings. The second-order valence-corrected chi connectivity index (χ2v) is 6.39.